The van der Waals surface area contributed by atoms with Crippen LogP contribution in [0.1, 0.15) is 40.6 Å². The highest BCUT2D eigenvalue weighted by Gasteiger charge is 2.36. The number of nitrogens with zero attached hydrogens (tertiary/aromatic N) is 3. The van der Waals surface area contributed by atoms with Crippen LogP contribution in [0, 0.1) is 13.8 Å². The maximum Gasteiger partial charge on any atom is 0.358 e. The summed E-state index contributed by atoms with van der Waals surface area (Å²) in [6.45, 7) is 5.00. The molecule has 1 aliphatic heterocycles. The molecule has 1 unspecified atom stereocenters. The molecule has 0 saturated carbocycles. The van der Waals surface area contributed by atoms with Crippen molar-refractivity contribution in [3.63, 3.8) is 0 Å². The first-order chi connectivity index (χ1) is 16.8. The summed E-state index contributed by atoms with van der Waals surface area (Å²) in [7, 11) is 0. The molecule has 0 radical (unpaired) electrons. The molecule has 0 fully saturated rings. The van der Waals surface area contributed by atoms with Crippen molar-refractivity contribution in [2.45, 2.75) is 26.8 Å². The Kier molecular flexibility index (Phi) is 6.87. The molecular formula is C23H22ClN5O6. The molecule has 0 saturated heterocycles. The van der Waals surface area contributed by atoms with Crippen molar-refractivity contribution in [3.8, 4) is 5.82 Å². The number of hydrogen-bond donors (Lipinski definition) is 2. The Labute approximate surface area is 205 Å². The van der Waals surface area contributed by atoms with Gasteiger partial charge in [0.2, 0.25) is 0 Å². The summed E-state index contributed by atoms with van der Waals surface area (Å²) in [5.41, 5.74) is 1.56. The number of rotatable bonds is 7. The molecule has 2 N–H and O–H groups in total. The summed E-state index contributed by atoms with van der Waals surface area (Å²) in [5, 5.41) is 9.55. The third-order valence-electron chi connectivity index (χ3n) is 5.08. The minimum Gasteiger partial charge on any atom is -0.467 e. The summed E-state index contributed by atoms with van der Waals surface area (Å²) in [4.78, 5) is 42.2. The number of esters is 2. The number of nitrogens with one attached hydrogen (secondary N) is 2. The van der Waals surface area contributed by atoms with E-state index in [1.54, 1.807) is 29.8 Å². The van der Waals surface area contributed by atoms with Gasteiger partial charge in [-0.2, -0.15) is 5.10 Å². The zero-order valence-electron chi connectivity index (χ0n) is 19.1. The van der Waals surface area contributed by atoms with E-state index in [1.165, 1.54) is 12.3 Å². The number of urea groups is 1. The predicted molar refractivity (Wildman–Crippen MR) is 123 cm³/mol. The highest BCUT2D eigenvalue weighted by atomic mass is 35.5. The van der Waals surface area contributed by atoms with E-state index in [4.69, 9.17) is 25.5 Å². The normalized spacial score (nSPS) is 15.4. The van der Waals surface area contributed by atoms with Crippen molar-refractivity contribution in [3.05, 3.63) is 75.7 Å². The molecule has 11 nitrogen and oxygen atoms in total. The lowest BCUT2D eigenvalue weighted by Crippen LogP contribution is -2.47. The first-order valence-electron chi connectivity index (χ1n) is 10.7. The van der Waals surface area contributed by atoms with Gasteiger partial charge in [-0.05, 0) is 51.1 Å². The summed E-state index contributed by atoms with van der Waals surface area (Å²) in [6, 6.07) is 6.70. The van der Waals surface area contributed by atoms with Crippen molar-refractivity contribution >= 4 is 29.6 Å². The Bertz CT molecular complexity index is 1310. The molecule has 0 aliphatic carbocycles. The highest BCUT2D eigenvalue weighted by molar-refractivity contribution is 6.33. The van der Waals surface area contributed by atoms with Gasteiger partial charge in [0.25, 0.3) is 0 Å². The van der Waals surface area contributed by atoms with Crippen molar-refractivity contribution in [1.29, 1.82) is 0 Å². The van der Waals surface area contributed by atoms with Crippen LogP contribution >= 0.6 is 11.6 Å². The van der Waals surface area contributed by atoms with Crippen LogP contribution in [0.15, 0.2) is 52.3 Å². The van der Waals surface area contributed by atoms with Crippen molar-refractivity contribution in [1.82, 2.24) is 25.4 Å². The quantitative estimate of drug-likeness (QED) is 0.473. The Morgan fingerprint density at radius 2 is 2.00 bits per heavy atom. The molecule has 12 heteroatoms. The van der Waals surface area contributed by atoms with Crippen molar-refractivity contribution in [2.24, 2.45) is 0 Å². The molecular weight excluding hydrogens is 478 g/mol. The van der Waals surface area contributed by atoms with E-state index in [-0.39, 0.29) is 28.6 Å². The molecule has 1 aliphatic rings. The molecule has 3 aromatic rings. The number of pyridine rings is 1. The van der Waals surface area contributed by atoms with Gasteiger partial charge in [0, 0.05) is 5.69 Å². The lowest BCUT2D eigenvalue weighted by Gasteiger charge is -2.27. The van der Waals surface area contributed by atoms with Crippen LogP contribution in [0.3, 0.4) is 0 Å². The second-order valence-corrected chi connectivity index (χ2v) is 7.98. The van der Waals surface area contributed by atoms with Gasteiger partial charge in [0.15, 0.2) is 11.5 Å². The van der Waals surface area contributed by atoms with Gasteiger partial charge in [0.1, 0.15) is 18.4 Å². The minimum atomic E-state index is -0.928. The number of aryl methyl sites for hydroxylation is 2. The summed E-state index contributed by atoms with van der Waals surface area (Å²) < 4.78 is 17.5. The van der Waals surface area contributed by atoms with Crippen LogP contribution in [0.5, 0.6) is 0 Å². The van der Waals surface area contributed by atoms with E-state index >= 15 is 0 Å². The molecule has 4 rings (SSSR count). The number of amides is 2. The average molecular weight is 500 g/mol. The lowest BCUT2D eigenvalue weighted by molar-refractivity contribution is -0.139. The second kappa shape index (κ2) is 10.0. The minimum absolute atomic E-state index is 0.0460. The molecule has 35 heavy (non-hydrogen) atoms. The third-order valence-corrected chi connectivity index (χ3v) is 5.38. The van der Waals surface area contributed by atoms with Gasteiger partial charge >= 0.3 is 18.0 Å². The van der Waals surface area contributed by atoms with Gasteiger partial charge < -0.3 is 24.5 Å². The summed E-state index contributed by atoms with van der Waals surface area (Å²) >= 11 is 6.21. The Balaban J connectivity index is 1.62. The molecule has 3 aromatic heterocycles. The van der Waals surface area contributed by atoms with E-state index in [0.29, 0.717) is 11.6 Å². The molecule has 2 amide bonds. The zero-order valence-corrected chi connectivity index (χ0v) is 19.9. The summed E-state index contributed by atoms with van der Waals surface area (Å²) in [6.07, 6.45) is 1.41. The fourth-order valence-corrected chi connectivity index (χ4v) is 3.79. The number of hydrogen-bond acceptors (Lipinski definition) is 8. The van der Waals surface area contributed by atoms with Crippen LogP contribution in [0.4, 0.5) is 4.79 Å². The third kappa shape index (κ3) is 5.04. The monoisotopic (exact) mass is 499 g/mol. The number of ether oxygens (including phenoxy) is 2. The van der Waals surface area contributed by atoms with Crippen LogP contribution in [-0.4, -0.2) is 45.9 Å². The maximum atomic E-state index is 12.9. The topological polar surface area (TPSA) is 138 Å². The van der Waals surface area contributed by atoms with E-state index in [1.807, 2.05) is 19.9 Å². The predicted octanol–water partition coefficient (Wildman–Crippen LogP) is 3.16. The Morgan fingerprint density at radius 3 is 2.66 bits per heavy atom. The largest absolute Gasteiger partial charge is 0.467 e. The van der Waals surface area contributed by atoms with Gasteiger partial charge in [-0.3, -0.25) is 0 Å². The fraction of sp³-hybridized carbons (Fsp3) is 0.261. The zero-order chi connectivity index (χ0) is 25.1. The van der Waals surface area contributed by atoms with E-state index in [2.05, 4.69) is 20.7 Å². The SMILES string of the molecule is CCOC(=O)C1=C(COC(=O)c2nc(-n3nc(C)cc3C)ccc2Cl)NC(=O)NC1c1ccco1. The number of furan rings is 1. The van der Waals surface area contributed by atoms with Gasteiger partial charge in [0.05, 0.1) is 34.9 Å². The van der Waals surface area contributed by atoms with Gasteiger partial charge in [-0.1, -0.05) is 11.6 Å². The standard InChI is InChI=1S/C23H22ClN5O6/c1-4-33-21(30)18-15(25-23(32)27-20(18)16-6-5-9-34-16)11-35-22(31)19-14(24)7-8-17(26-19)29-13(3)10-12(2)28-29/h5-10,20H,4,11H2,1-3H3,(H2,25,27,32). The first-order valence-corrected chi connectivity index (χ1v) is 11.0. The Hall–Kier alpha value is -4.12. The van der Waals surface area contributed by atoms with Crippen LogP contribution in [-0.2, 0) is 14.3 Å². The fourth-order valence-electron chi connectivity index (χ4n) is 3.61. The molecule has 4 heterocycles. The van der Waals surface area contributed by atoms with Gasteiger partial charge in [-0.25, -0.2) is 24.0 Å². The number of halogens is 1. The van der Waals surface area contributed by atoms with E-state index < -0.39 is 30.6 Å². The molecule has 1 atom stereocenters. The molecule has 0 spiro atoms. The number of carbonyl (C=O) groups excluding carboxylic acids is 3. The van der Waals surface area contributed by atoms with E-state index in [0.717, 1.165) is 11.4 Å². The smallest absolute Gasteiger partial charge is 0.358 e. The molecule has 182 valence electrons. The number of carbonyl (C=O) groups is 3. The first kappa shape index (κ1) is 24.0. The molecule has 0 bridgehead atoms. The maximum absolute atomic E-state index is 12.9. The average Bonchev–Trinajstić information content (AvgIpc) is 3.47. The van der Waals surface area contributed by atoms with Crippen molar-refractivity contribution < 1.29 is 28.3 Å². The lowest BCUT2D eigenvalue weighted by atomic mass is 10.0. The van der Waals surface area contributed by atoms with E-state index in [9.17, 15) is 14.4 Å². The van der Waals surface area contributed by atoms with Gasteiger partial charge in [-0.15, -0.1) is 0 Å². The van der Waals surface area contributed by atoms with Crippen molar-refractivity contribution in [2.75, 3.05) is 13.2 Å². The number of aromatic nitrogens is 3. The van der Waals surface area contributed by atoms with Crippen LogP contribution in [0.2, 0.25) is 5.02 Å². The summed E-state index contributed by atoms with van der Waals surface area (Å²) in [5.74, 6) is -0.855. The van der Waals surface area contributed by atoms with Crippen LogP contribution in [0.25, 0.3) is 5.82 Å². The second-order valence-electron chi connectivity index (χ2n) is 7.57. The molecule has 0 aromatic carbocycles. The van der Waals surface area contributed by atoms with Crippen LogP contribution < -0.4 is 10.6 Å². The Morgan fingerprint density at radius 1 is 1.20 bits per heavy atom. The highest BCUT2D eigenvalue weighted by Crippen LogP contribution is 2.28.